The van der Waals surface area contributed by atoms with Crippen molar-refractivity contribution in [1.82, 2.24) is 4.90 Å². The van der Waals surface area contributed by atoms with Gasteiger partial charge in [-0.15, -0.1) is 11.3 Å². The summed E-state index contributed by atoms with van der Waals surface area (Å²) < 4.78 is 5.06. The molecular formula is C18H16ClNO4S. The number of Topliss-reactive ketones (excluding diaryl/α,β-unsaturated/α-hetero) is 1. The number of benzene rings is 1. The van der Waals surface area contributed by atoms with Crippen LogP contribution in [0.15, 0.2) is 53.1 Å². The number of aliphatic hydroxyl groups excluding tert-OH is 1. The maximum absolute atomic E-state index is 12.9. The molecule has 2 heterocycles. The first-order valence-electron chi connectivity index (χ1n) is 7.61. The Hall–Kier alpha value is -2.15. The van der Waals surface area contributed by atoms with Gasteiger partial charge in [-0.05, 0) is 29.1 Å². The van der Waals surface area contributed by atoms with Crippen LogP contribution < -0.4 is 0 Å². The molecule has 1 atom stereocenters. The molecular weight excluding hydrogens is 362 g/mol. The van der Waals surface area contributed by atoms with E-state index in [-0.39, 0.29) is 24.5 Å². The Labute approximate surface area is 154 Å². The number of nitrogens with zero attached hydrogens (tertiary/aromatic N) is 1. The lowest BCUT2D eigenvalue weighted by Gasteiger charge is -2.26. The van der Waals surface area contributed by atoms with Crippen LogP contribution in [-0.2, 0) is 9.53 Å². The van der Waals surface area contributed by atoms with Crippen LogP contribution in [0.25, 0.3) is 0 Å². The average molecular weight is 378 g/mol. The van der Waals surface area contributed by atoms with Gasteiger partial charge >= 0.3 is 0 Å². The molecule has 1 unspecified atom stereocenters. The fraction of sp³-hybridized carbons (Fsp3) is 0.222. The Balaban J connectivity index is 2.08. The number of rotatable bonds is 6. The summed E-state index contributed by atoms with van der Waals surface area (Å²) in [5.41, 5.74) is 0.742. The molecule has 0 radical (unpaired) electrons. The molecule has 1 N–H and O–H groups in total. The van der Waals surface area contributed by atoms with E-state index < -0.39 is 17.7 Å². The van der Waals surface area contributed by atoms with Gasteiger partial charge in [0.1, 0.15) is 0 Å². The van der Waals surface area contributed by atoms with Gasteiger partial charge in [-0.25, -0.2) is 0 Å². The lowest BCUT2D eigenvalue weighted by atomic mass is 9.95. The molecule has 130 valence electrons. The van der Waals surface area contributed by atoms with E-state index in [2.05, 4.69) is 0 Å². The highest BCUT2D eigenvalue weighted by molar-refractivity contribution is 7.12. The molecule has 5 nitrogen and oxygen atoms in total. The van der Waals surface area contributed by atoms with E-state index in [0.717, 1.165) is 0 Å². The number of hydrogen-bond acceptors (Lipinski definition) is 5. The summed E-state index contributed by atoms with van der Waals surface area (Å²) in [7, 11) is 1.53. The van der Waals surface area contributed by atoms with E-state index in [1.807, 2.05) is 0 Å². The summed E-state index contributed by atoms with van der Waals surface area (Å²) in [4.78, 5) is 27.3. The Kier molecular flexibility index (Phi) is 5.22. The van der Waals surface area contributed by atoms with E-state index in [9.17, 15) is 14.7 Å². The third-order valence-corrected chi connectivity index (χ3v) is 5.10. The maximum atomic E-state index is 12.9. The first kappa shape index (κ1) is 17.7. The van der Waals surface area contributed by atoms with Crippen molar-refractivity contribution in [3.63, 3.8) is 0 Å². The maximum Gasteiger partial charge on any atom is 0.290 e. The predicted molar refractivity (Wildman–Crippen MR) is 96.1 cm³/mol. The molecule has 25 heavy (non-hydrogen) atoms. The highest BCUT2D eigenvalue weighted by Crippen LogP contribution is 2.39. The van der Waals surface area contributed by atoms with Crippen molar-refractivity contribution in [2.45, 2.75) is 6.04 Å². The number of carbonyl (C=O) groups is 2. The van der Waals surface area contributed by atoms with Crippen molar-refractivity contribution in [1.29, 1.82) is 0 Å². The van der Waals surface area contributed by atoms with Crippen molar-refractivity contribution in [2.75, 3.05) is 20.3 Å². The molecule has 1 aliphatic heterocycles. The molecule has 3 rings (SSSR count). The van der Waals surface area contributed by atoms with Crippen LogP contribution in [0.5, 0.6) is 0 Å². The average Bonchev–Trinajstić information content (AvgIpc) is 3.21. The van der Waals surface area contributed by atoms with Crippen molar-refractivity contribution < 1.29 is 19.4 Å². The van der Waals surface area contributed by atoms with E-state index in [0.29, 0.717) is 15.5 Å². The smallest absolute Gasteiger partial charge is 0.290 e. The minimum Gasteiger partial charge on any atom is -0.503 e. The van der Waals surface area contributed by atoms with Gasteiger partial charge in [0.15, 0.2) is 5.76 Å². The van der Waals surface area contributed by atoms with Crippen LogP contribution in [0.4, 0.5) is 0 Å². The number of halogens is 1. The van der Waals surface area contributed by atoms with Gasteiger partial charge < -0.3 is 14.7 Å². The second-order valence-electron chi connectivity index (χ2n) is 5.52. The molecule has 7 heteroatoms. The monoisotopic (exact) mass is 377 g/mol. The SMILES string of the molecule is COCCN1C(=O)C(O)=C(C(=O)c2cccs2)C1c1cccc(Cl)c1. The predicted octanol–water partition coefficient (Wildman–Crippen LogP) is 3.63. The Morgan fingerprint density at radius 2 is 2.16 bits per heavy atom. The second kappa shape index (κ2) is 7.39. The number of amides is 1. The lowest BCUT2D eigenvalue weighted by Crippen LogP contribution is -2.33. The second-order valence-corrected chi connectivity index (χ2v) is 6.90. The number of ketones is 1. The van der Waals surface area contributed by atoms with Crippen LogP contribution in [0.2, 0.25) is 5.02 Å². The number of aliphatic hydroxyl groups is 1. The quantitative estimate of drug-likeness (QED) is 0.781. The normalized spacial score (nSPS) is 17.4. The molecule has 0 saturated carbocycles. The summed E-state index contributed by atoms with van der Waals surface area (Å²) in [6.07, 6.45) is 0. The first-order chi connectivity index (χ1) is 12.0. The van der Waals surface area contributed by atoms with E-state index in [1.165, 1.54) is 23.3 Å². The molecule has 1 aliphatic rings. The molecule has 2 aromatic rings. The van der Waals surface area contributed by atoms with Crippen molar-refractivity contribution >= 4 is 34.6 Å². The zero-order chi connectivity index (χ0) is 18.0. The van der Waals surface area contributed by atoms with Crippen LogP contribution >= 0.6 is 22.9 Å². The molecule has 0 saturated heterocycles. The van der Waals surface area contributed by atoms with Gasteiger partial charge in [0.2, 0.25) is 5.78 Å². The largest absolute Gasteiger partial charge is 0.503 e. The summed E-state index contributed by atoms with van der Waals surface area (Å²) in [5, 5.41) is 12.7. The van der Waals surface area contributed by atoms with E-state index in [4.69, 9.17) is 16.3 Å². The van der Waals surface area contributed by atoms with Gasteiger partial charge in [0.25, 0.3) is 5.91 Å². The number of hydrogen-bond donors (Lipinski definition) is 1. The molecule has 1 aromatic carbocycles. The zero-order valence-corrected chi connectivity index (χ0v) is 15.0. The molecule has 0 spiro atoms. The summed E-state index contributed by atoms with van der Waals surface area (Å²) in [5.74, 6) is -1.45. The van der Waals surface area contributed by atoms with Gasteiger partial charge in [0.05, 0.1) is 23.1 Å². The van der Waals surface area contributed by atoms with Gasteiger partial charge in [-0.2, -0.15) is 0 Å². The van der Waals surface area contributed by atoms with Crippen molar-refractivity contribution in [3.05, 3.63) is 68.6 Å². The van der Waals surface area contributed by atoms with Gasteiger partial charge in [-0.1, -0.05) is 29.8 Å². The topological polar surface area (TPSA) is 66.8 Å². The van der Waals surface area contributed by atoms with Gasteiger partial charge in [-0.3, -0.25) is 9.59 Å². The number of carbonyl (C=O) groups excluding carboxylic acids is 2. The highest BCUT2D eigenvalue weighted by Gasteiger charge is 2.43. The number of ether oxygens (including phenoxy) is 1. The molecule has 1 aromatic heterocycles. The standard InChI is InChI=1S/C18H16ClNO4S/c1-24-8-7-20-15(11-4-2-5-12(19)10-11)14(17(22)18(20)23)16(21)13-6-3-9-25-13/h2-6,9-10,15,22H,7-8H2,1H3. The Morgan fingerprint density at radius 1 is 1.36 bits per heavy atom. The minimum atomic E-state index is -0.698. The third kappa shape index (κ3) is 3.33. The van der Waals surface area contributed by atoms with Crippen LogP contribution in [0, 0.1) is 0 Å². The lowest BCUT2D eigenvalue weighted by molar-refractivity contribution is -0.130. The Morgan fingerprint density at radius 3 is 2.80 bits per heavy atom. The third-order valence-electron chi connectivity index (χ3n) is 3.99. The number of thiophene rings is 1. The Bertz CT molecular complexity index is 831. The fourth-order valence-corrected chi connectivity index (χ4v) is 3.75. The molecule has 0 bridgehead atoms. The summed E-state index contributed by atoms with van der Waals surface area (Å²) >= 11 is 7.35. The zero-order valence-electron chi connectivity index (χ0n) is 13.4. The van der Waals surface area contributed by atoms with Crippen LogP contribution in [0.3, 0.4) is 0 Å². The van der Waals surface area contributed by atoms with Crippen molar-refractivity contribution in [2.24, 2.45) is 0 Å². The molecule has 0 aliphatic carbocycles. The minimum absolute atomic E-state index is 0.0748. The number of methoxy groups -OCH3 is 1. The summed E-state index contributed by atoms with van der Waals surface area (Å²) in [6, 6.07) is 9.67. The first-order valence-corrected chi connectivity index (χ1v) is 8.87. The highest BCUT2D eigenvalue weighted by atomic mass is 35.5. The van der Waals surface area contributed by atoms with Crippen LogP contribution in [0.1, 0.15) is 21.3 Å². The summed E-state index contributed by atoms with van der Waals surface area (Å²) in [6.45, 7) is 0.536. The fourth-order valence-electron chi connectivity index (χ4n) is 2.87. The van der Waals surface area contributed by atoms with E-state index >= 15 is 0 Å². The van der Waals surface area contributed by atoms with Crippen molar-refractivity contribution in [3.8, 4) is 0 Å². The molecule has 0 fully saturated rings. The van der Waals surface area contributed by atoms with Gasteiger partial charge in [0, 0.05) is 18.7 Å². The molecule has 1 amide bonds. The van der Waals surface area contributed by atoms with Crippen LogP contribution in [-0.4, -0.2) is 42.0 Å². The van der Waals surface area contributed by atoms with E-state index in [1.54, 1.807) is 41.8 Å².